The van der Waals surface area contributed by atoms with Gasteiger partial charge in [0.25, 0.3) is 0 Å². The summed E-state index contributed by atoms with van der Waals surface area (Å²) in [6.45, 7) is 0.895. The van der Waals surface area contributed by atoms with Crippen molar-refractivity contribution < 1.29 is 0 Å². The summed E-state index contributed by atoms with van der Waals surface area (Å²) < 4.78 is 0. The number of rotatable bonds is 0. The lowest BCUT2D eigenvalue weighted by Crippen LogP contribution is -2.14. The van der Waals surface area contributed by atoms with Crippen LogP contribution in [0.3, 0.4) is 0 Å². The Morgan fingerprint density at radius 3 is 3.30 bits per heavy atom. The van der Waals surface area contributed by atoms with Crippen LogP contribution in [0.25, 0.3) is 0 Å². The molecule has 0 atom stereocenters. The second kappa shape index (κ2) is 2.01. The molecule has 10 heavy (non-hydrogen) atoms. The lowest BCUT2D eigenvalue weighted by molar-refractivity contribution is 1.01. The summed E-state index contributed by atoms with van der Waals surface area (Å²) in [5.41, 5.74) is 2.19. The van der Waals surface area contributed by atoms with E-state index in [1.165, 1.54) is 0 Å². The van der Waals surface area contributed by atoms with Crippen molar-refractivity contribution in [1.82, 2.24) is 4.98 Å². The van der Waals surface area contributed by atoms with Crippen molar-refractivity contribution in [2.75, 3.05) is 11.4 Å². The molecule has 1 aliphatic heterocycles. The second-order valence-electron chi connectivity index (χ2n) is 2.41. The van der Waals surface area contributed by atoms with Crippen LogP contribution in [0.5, 0.6) is 0 Å². The molecule has 0 saturated carbocycles. The lowest BCUT2D eigenvalue weighted by Gasteiger charge is -2.10. The van der Waals surface area contributed by atoms with Crippen LogP contribution in [0.2, 0.25) is 0 Å². The molecule has 2 nitrogen and oxygen atoms in total. The molecule has 0 unspecified atom stereocenters. The van der Waals surface area contributed by atoms with Crippen LogP contribution >= 0.6 is 0 Å². The molecule has 0 fully saturated rings. The third kappa shape index (κ3) is 0.702. The highest BCUT2D eigenvalue weighted by Crippen LogP contribution is 2.22. The average molecular weight is 130 g/mol. The molecular formula is C7H7BN2. The monoisotopic (exact) mass is 130 g/mol. The Morgan fingerprint density at radius 2 is 2.50 bits per heavy atom. The highest BCUT2D eigenvalue weighted by atomic mass is 15.1. The normalized spacial score (nSPS) is 15.4. The summed E-state index contributed by atoms with van der Waals surface area (Å²) in [6.07, 6.45) is 2.78. The first-order valence-corrected chi connectivity index (χ1v) is 3.34. The van der Waals surface area contributed by atoms with E-state index in [0.29, 0.717) is 0 Å². The number of hydrogen-bond donors (Lipinski definition) is 0. The van der Waals surface area contributed by atoms with Gasteiger partial charge in [-0.2, -0.15) is 0 Å². The molecule has 0 saturated heterocycles. The van der Waals surface area contributed by atoms with Gasteiger partial charge in [-0.05, 0) is 12.1 Å². The maximum atomic E-state index is 5.64. The molecule has 0 bridgehead atoms. The third-order valence-electron chi connectivity index (χ3n) is 1.77. The van der Waals surface area contributed by atoms with Crippen LogP contribution in [-0.4, -0.2) is 19.5 Å². The fraction of sp³-hybridized carbons (Fsp3) is 0.286. The number of anilines is 1. The zero-order valence-electron chi connectivity index (χ0n) is 5.62. The minimum atomic E-state index is 0.895. The van der Waals surface area contributed by atoms with Crippen LogP contribution < -0.4 is 4.81 Å². The Kier molecular flexibility index (Phi) is 1.16. The predicted molar refractivity (Wildman–Crippen MR) is 41.0 cm³/mol. The van der Waals surface area contributed by atoms with Gasteiger partial charge in [0, 0.05) is 24.8 Å². The summed E-state index contributed by atoms with van der Waals surface area (Å²) >= 11 is 0. The van der Waals surface area contributed by atoms with Gasteiger partial charge in [-0.3, -0.25) is 4.98 Å². The zero-order chi connectivity index (χ0) is 6.97. The first kappa shape index (κ1) is 5.77. The largest absolute Gasteiger partial charge is 0.423 e. The Morgan fingerprint density at radius 1 is 1.60 bits per heavy atom. The molecule has 1 aromatic heterocycles. The first-order valence-electron chi connectivity index (χ1n) is 3.34. The molecule has 2 radical (unpaired) electrons. The van der Waals surface area contributed by atoms with E-state index in [2.05, 4.69) is 4.98 Å². The molecule has 48 valence electrons. The smallest absolute Gasteiger partial charge is 0.226 e. The van der Waals surface area contributed by atoms with Crippen molar-refractivity contribution in [3.05, 3.63) is 24.0 Å². The molecule has 0 N–H and O–H groups in total. The van der Waals surface area contributed by atoms with Gasteiger partial charge in [-0.1, -0.05) is 0 Å². The van der Waals surface area contributed by atoms with Gasteiger partial charge in [-0.15, -0.1) is 0 Å². The van der Waals surface area contributed by atoms with Crippen LogP contribution in [0.4, 0.5) is 5.69 Å². The summed E-state index contributed by atoms with van der Waals surface area (Å²) in [4.78, 5) is 5.93. The fourth-order valence-electron chi connectivity index (χ4n) is 1.23. The Labute approximate surface area is 61.3 Å². The van der Waals surface area contributed by atoms with Gasteiger partial charge in [0.1, 0.15) is 0 Å². The standard InChI is InChI=1S/C7H7BN2/c8-10-5-3-6-7(10)2-1-4-9-6/h1-2,4H,3,5H2. The summed E-state index contributed by atoms with van der Waals surface area (Å²) in [5, 5.41) is 0. The van der Waals surface area contributed by atoms with E-state index in [9.17, 15) is 0 Å². The SMILES string of the molecule is [B]N1CCc2ncccc21. The van der Waals surface area contributed by atoms with E-state index < -0.39 is 0 Å². The molecule has 1 aliphatic rings. The van der Waals surface area contributed by atoms with Gasteiger partial charge in [0.05, 0.1) is 5.69 Å². The third-order valence-corrected chi connectivity index (χ3v) is 1.77. The quantitative estimate of drug-likeness (QED) is 0.476. The van der Waals surface area contributed by atoms with E-state index in [0.717, 1.165) is 24.3 Å². The molecule has 0 aliphatic carbocycles. The maximum absolute atomic E-state index is 5.64. The molecule has 1 aromatic rings. The van der Waals surface area contributed by atoms with Crippen molar-refractivity contribution in [1.29, 1.82) is 0 Å². The Bertz CT molecular complexity index is 249. The van der Waals surface area contributed by atoms with E-state index in [-0.39, 0.29) is 0 Å². The summed E-state index contributed by atoms with van der Waals surface area (Å²) in [5.74, 6) is 0. The van der Waals surface area contributed by atoms with Crippen molar-refractivity contribution in [2.45, 2.75) is 6.42 Å². The van der Waals surface area contributed by atoms with Gasteiger partial charge < -0.3 is 4.81 Å². The molecule has 2 heterocycles. The minimum Gasteiger partial charge on any atom is -0.423 e. The van der Waals surface area contributed by atoms with E-state index >= 15 is 0 Å². The molecule has 3 heteroatoms. The zero-order valence-corrected chi connectivity index (χ0v) is 5.62. The van der Waals surface area contributed by atoms with Gasteiger partial charge in [0.15, 0.2) is 0 Å². The highest BCUT2D eigenvalue weighted by molar-refractivity contribution is 6.18. The van der Waals surface area contributed by atoms with E-state index in [1.807, 2.05) is 12.1 Å². The summed E-state index contributed by atoms with van der Waals surface area (Å²) in [7, 11) is 5.64. The number of fused-ring (bicyclic) bond motifs is 1. The minimum absolute atomic E-state index is 0.895. The number of hydrogen-bond acceptors (Lipinski definition) is 2. The van der Waals surface area contributed by atoms with Crippen molar-refractivity contribution in [3.63, 3.8) is 0 Å². The van der Waals surface area contributed by atoms with Crippen LogP contribution in [0.1, 0.15) is 5.69 Å². The van der Waals surface area contributed by atoms with Crippen molar-refractivity contribution >= 4 is 13.7 Å². The van der Waals surface area contributed by atoms with Crippen LogP contribution in [-0.2, 0) is 6.42 Å². The first-order chi connectivity index (χ1) is 4.88. The number of nitrogens with zero attached hydrogens (tertiary/aromatic N) is 2. The number of aromatic nitrogens is 1. The predicted octanol–water partition coefficient (Wildman–Crippen LogP) is 0.528. The lowest BCUT2D eigenvalue weighted by atomic mass is 10.2. The van der Waals surface area contributed by atoms with Crippen molar-refractivity contribution in [2.24, 2.45) is 0 Å². The molecule has 0 aromatic carbocycles. The van der Waals surface area contributed by atoms with Crippen LogP contribution in [0, 0.1) is 0 Å². The molecule has 0 spiro atoms. The Hall–Kier alpha value is -0.985. The molecular weight excluding hydrogens is 123 g/mol. The molecule has 2 rings (SSSR count). The average Bonchev–Trinajstić information content (AvgIpc) is 2.34. The number of pyridine rings is 1. The van der Waals surface area contributed by atoms with E-state index in [1.54, 1.807) is 11.0 Å². The highest BCUT2D eigenvalue weighted by Gasteiger charge is 2.14. The van der Waals surface area contributed by atoms with Gasteiger partial charge >= 0.3 is 0 Å². The van der Waals surface area contributed by atoms with Crippen molar-refractivity contribution in [3.8, 4) is 0 Å². The molecule has 0 amide bonds. The van der Waals surface area contributed by atoms with Crippen LogP contribution in [0.15, 0.2) is 18.3 Å². The fourth-order valence-corrected chi connectivity index (χ4v) is 1.23. The maximum Gasteiger partial charge on any atom is 0.226 e. The van der Waals surface area contributed by atoms with Gasteiger partial charge in [-0.25, -0.2) is 0 Å². The summed E-state index contributed by atoms with van der Waals surface area (Å²) in [6, 6.07) is 3.90. The van der Waals surface area contributed by atoms with E-state index in [4.69, 9.17) is 7.98 Å². The topological polar surface area (TPSA) is 16.1 Å². The van der Waals surface area contributed by atoms with Gasteiger partial charge in [0.2, 0.25) is 7.98 Å². The Balaban J connectivity index is 2.51. The second-order valence-corrected chi connectivity index (χ2v) is 2.41.